The van der Waals surface area contributed by atoms with Gasteiger partial charge in [0.05, 0.1) is 4.92 Å². The van der Waals surface area contributed by atoms with E-state index in [9.17, 15) is 14.5 Å². The molecule has 1 fully saturated rings. The van der Waals surface area contributed by atoms with Crippen molar-refractivity contribution in [3.63, 3.8) is 0 Å². The molecule has 0 aromatic heterocycles. The summed E-state index contributed by atoms with van der Waals surface area (Å²) in [5.41, 5.74) is -0.168. The molecule has 0 heterocycles. The van der Waals surface area contributed by atoms with E-state index in [4.69, 9.17) is 0 Å². The fraction of sp³-hybridized carbons (Fsp3) is 0.538. The minimum atomic E-state index is -0.784. The molecule has 5 heteroatoms. The summed E-state index contributed by atoms with van der Waals surface area (Å²) in [7, 11) is 0. The lowest BCUT2D eigenvalue weighted by atomic mass is 9.89. The van der Waals surface area contributed by atoms with Gasteiger partial charge in [-0.3, -0.25) is 10.1 Å². The zero-order chi connectivity index (χ0) is 13.0. The van der Waals surface area contributed by atoms with E-state index in [1.165, 1.54) is 25.3 Å². The number of nitro groups is 1. The number of halogens is 1. The van der Waals surface area contributed by atoms with Gasteiger partial charge in [-0.2, -0.15) is 4.39 Å². The Balaban J connectivity index is 2.04. The third kappa shape index (κ3) is 2.97. The van der Waals surface area contributed by atoms with Gasteiger partial charge in [-0.15, -0.1) is 0 Å². The van der Waals surface area contributed by atoms with E-state index in [-0.39, 0.29) is 5.69 Å². The van der Waals surface area contributed by atoms with Gasteiger partial charge in [0.25, 0.3) is 0 Å². The lowest BCUT2D eigenvalue weighted by molar-refractivity contribution is -0.386. The van der Waals surface area contributed by atoms with Crippen LogP contribution in [0.4, 0.5) is 15.8 Å². The van der Waals surface area contributed by atoms with E-state index in [1.807, 2.05) is 0 Å². The molecule has 0 spiro atoms. The zero-order valence-electron chi connectivity index (χ0n) is 10.2. The third-order valence-corrected chi connectivity index (χ3v) is 3.48. The monoisotopic (exact) mass is 252 g/mol. The number of hydrogen-bond donors (Lipinski definition) is 1. The number of nitrogens with zero attached hydrogens (tertiary/aromatic N) is 1. The Morgan fingerprint density at radius 3 is 2.72 bits per heavy atom. The van der Waals surface area contributed by atoms with E-state index in [0.29, 0.717) is 12.5 Å². The van der Waals surface area contributed by atoms with Gasteiger partial charge in [-0.1, -0.05) is 25.3 Å². The molecule has 4 nitrogen and oxygen atoms in total. The molecule has 0 atom stereocenters. The summed E-state index contributed by atoms with van der Waals surface area (Å²) in [4.78, 5) is 10.2. The van der Waals surface area contributed by atoms with E-state index in [0.717, 1.165) is 18.9 Å². The second kappa shape index (κ2) is 5.80. The maximum absolute atomic E-state index is 13.4. The first-order chi connectivity index (χ1) is 8.68. The van der Waals surface area contributed by atoms with Crippen molar-refractivity contribution in [2.24, 2.45) is 5.92 Å². The average Bonchev–Trinajstić information content (AvgIpc) is 2.37. The number of nitrogens with one attached hydrogen (secondary N) is 1. The van der Waals surface area contributed by atoms with Crippen molar-refractivity contribution in [3.8, 4) is 0 Å². The Labute approximate surface area is 105 Å². The van der Waals surface area contributed by atoms with E-state index in [2.05, 4.69) is 5.32 Å². The molecule has 0 unspecified atom stereocenters. The van der Waals surface area contributed by atoms with Crippen LogP contribution in [0.5, 0.6) is 0 Å². The Kier molecular flexibility index (Phi) is 4.12. The summed E-state index contributed by atoms with van der Waals surface area (Å²) in [6, 6.07) is 4.17. The van der Waals surface area contributed by atoms with E-state index >= 15 is 0 Å². The zero-order valence-corrected chi connectivity index (χ0v) is 10.2. The number of nitro benzene ring substituents is 1. The molecule has 18 heavy (non-hydrogen) atoms. The molecule has 0 aliphatic heterocycles. The topological polar surface area (TPSA) is 55.2 Å². The summed E-state index contributed by atoms with van der Waals surface area (Å²) in [6.45, 7) is 0.685. The van der Waals surface area contributed by atoms with Crippen LogP contribution in [0.2, 0.25) is 0 Å². The first kappa shape index (κ1) is 12.8. The molecule has 1 aromatic rings. The largest absolute Gasteiger partial charge is 0.379 e. The van der Waals surface area contributed by atoms with Crippen molar-refractivity contribution in [1.82, 2.24) is 0 Å². The fourth-order valence-electron chi connectivity index (χ4n) is 2.49. The Morgan fingerprint density at radius 2 is 2.06 bits per heavy atom. The van der Waals surface area contributed by atoms with Crippen molar-refractivity contribution in [3.05, 3.63) is 34.1 Å². The molecule has 0 amide bonds. The Morgan fingerprint density at radius 1 is 1.33 bits per heavy atom. The van der Waals surface area contributed by atoms with Crippen molar-refractivity contribution in [1.29, 1.82) is 0 Å². The summed E-state index contributed by atoms with van der Waals surface area (Å²) in [5, 5.41) is 13.8. The second-order valence-electron chi connectivity index (χ2n) is 4.78. The number of hydrogen-bond acceptors (Lipinski definition) is 3. The van der Waals surface area contributed by atoms with Crippen LogP contribution in [0.3, 0.4) is 0 Å². The molecule has 98 valence electrons. The first-order valence-corrected chi connectivity index (χ1v) is 6.35. The van der Waals surface area contributed by atoms with E-state index in [1.54, 1.807) is 6.07 Å². The highest BCUT2D eigenvalue weighted by Gasteiger charge is 2.21. The highest BCUT2D eigenvalue weighted by molar-refractivity contribution is 5.61. The van der Waals surface area contributed by atoms with Crippen molar-refractivity contribution >= 4 is 11.4 Å². The van der Waals surface area contributed by atoms with Gasteiger partial charge in [0, 0.05) is 6.54 Å². The Bertz CT molecular complexity index is 431. The third-order valence-electron chi connectivity index (χ3n) is 3.48. The van der Waals surface area contributed by atoms with Crippen LogP contribution in [0, 0.1) is 21.8 Å². The molecular formula is C13H17FN2O2. The quantitative estimate of drug-likeness (QED) is 0.656. The predicted molar refractivity (Wildman–Crippen MR) is 68.1 cm³/mol. The minimum absolute atomic E-state index is 0.283. The summed E-state index contributed by atoms with van der Waals surface area (Å²) in [5.74, 6) is -0.240. The highest BCUT2D eigenvalue weighted by atomic mass is 19.1. The maximum atomic E-state index is 13.4. The molecule has 1 aliphatic rings. The molecule has 1 saturated carbocycles. The van der Waals surface area contributed by atoms with Crippen LogP contribution in [-0.4, -0.2) is 11.5 Å². The van der Waals surface area contributed by atoms with Gasteiger partial charge in [-0.25, -0.2) is 0 Å². The normalized spacial score (nSPS) is 16.5. The van der Waals surface area contributed by atoms with Crippen LogP contribution in [0.1, 0.15) is 32.1 Å². The van der Waals surface area contributed by atoms with Crippen LogP contribution >= 0.6 is 0 Å². The smallest absolute Gasteiger partial charge is 0.327 e. The predicted octanol–water partition coefficient (Wildman–Crippen LogP) is 3.73. The van der Waals surface area contributed by atoms with Crippen LogP contribution in [0.15, 0.2) is 18.2 Å². The molecule has 0 radical (unpaired) electrons. The van der Waals surface area contributed by atoms with Crippen LogP contribution in [-0.2, 0) is 0 Å². The molecule has 1 aromatic carbocycles. The lowest BCUT2D eigenvalue weighted by Gasteiger charge is -2.22. The summed E-state index contributed by atoms with van der Waals surface area (Å²) >= 11 is 0. The van der Waals surface area contributed by atoms with Gasteiger partial charge in [0.15, 0.2) is 0 Å². The number of para-hydroxylation sites is 1. The van der Waals surface area contributed by atoms with Crippen LogP contribution in [0.25, 0.3) is 0 Å². The van der Waals surface area contributed by atoms with Gasteiger partial charge in [0.2, 0.25) is 5.82 Å². The van der Waals surface area contributed by atoms with Gasteiger partial charge in [0.1, 0.15) is 5.69 Å². The summed E-state index contributed by atoms with van der Waals surface area (Å²) in [6.07, 6.45) is 6.01. The van der Waals surface area contributed by atoms with Gasteiger partial charge in [-0.05, 0) is 30.9 Å². The number of rotatable bonds is 4. The summed E-state index contributed by atoms with van der Waals surface area (Å²) < 4.78 is 13.4. The van der Waals surface area contributed by atoms with Crippen molar-refractivity contribution in [2.45, 2.75) is 32.1 Å². The Hall–Kier alpha value is -1.65. The average molecular weight is 252 g/mol. The maximum Gasteiger partial charge on any atom is 0.327 e. The fourth-order valence-corrected chi connectivity index (χ4v) is 2.49. The number of anilines is 1. The SMILES string of the molecule is O=[N+]([O-])c1c(F)cccc1NCC1CCCCC1. The minimum Gasteiger partial charge on any atom is -0.379 e. The highest BCUT2D eigenvalue weighted by Crippen LogP contribution is 2.29. The van der Waals surface area contributed by atoms with Gasteiger partial charge < -0.3 is 5.32 Å². The van der Waals surface area contributed by atoms with Crippen LogP contribution < -0.4 is 5.32 Å². The molecule has 2 rings (SSSR count). The lowest BCUT2D eigenvalue weighted by Crippen LogP contribution is -2.17. The number of benzene rings is 1. The van der Waals surface area contributed by atoms with E-state index < -0.39 is 16.4 Å². The first-order valence-electron chi connectivity index (χ1n) is 6.35. The molecular weight excluding hydrogens is 235 g/mol. The molecule has 1 aliphatic carbocycles. The van der Waals surface area contributed by atoms with Crippen molar-refractivity contribution in [2.75, 3.05) is 11.9 Å². The van der Waals surface area contributed by atoms with Crippen molar-refractivity contribution < 1.29 is 9.31 Å². The molecule has 0 bridgehead atoms. The standard InChI is InChI=1S/C13H17FN2O2/c14-11-7-4-8-12(13(11)16(17)18)15-9-10-5-2-1-3-6-10/h4,7-8,10,15H,1-3,5-6,9H2. The molecule has 1 N–H and O–H groups in total. The molecule has 0 saturated heterocycles. The second-order valence-corrected chi connectivity index (χ2v) is 4.78. The van der Waals surface area contributed by atoms with Gasteiger partial charge >= 0.3 is 5.69 Å².